The Labute approximate surface area is 206 Å². The Bertz CT molecular complexity index is 443. The van der Waals surface area contributed by atoms with Crippen LogP contribution in [0.15, 0.2) is 0 Å². The largest absolute Gasteiger partial charge is 0.460 e. The van der Waals surface area contributed by atoms with Gasteiger partial charge < -0.3 is 20.7 Å². The van der Waals surface area contributed by atoms with Crippen LogP contribution in [0, 0.1) is 5.92 Å². The van der Waals surface area contributed by atoms with Crippen molar-refractivity contribution in [3.05, 3.63) is 0 Å². The van der Waals surface area contributed by atoms with Crippen LogP contribution in [0.4, 0.5) is 0 Å². The first-order chi connectivity index (χ1) is 11.3. The summed E-state index contributed by atoms with van der Waals surface area (Å²) in [4.78, 5) is 11.7. The van der Waals surface area contributed by atoms with Crippen LogP contribution in [0.5, 0.6) is 0 Å². The van der Waals surface area contributed by atoms with Gasteiger partial charge in [0.15, 0.2) is 0 Å². The minimum Gasteiger partial charge on any atom is -0.460 e. The summed E-state index contributed by atoms with van der Waals surface area (Å²) < 4.78 is 5.28. The molecule has 0 radical (unpaired) electrons. The Balaban J connectivity index is -0.000000210. The zero-order valence-corrected chi connectivity index (χ0v) is 22.8. The lowest BCUT2D eigenvalue weighted by molar-refractivity contribution is -0.159. The summed E-state index contributed by atoms with van der Waals surface area (Å²) in [5.41, 5.74) is 3.95. The minimum absolute atomic E-state index is 0. The SMILES string of the molecule is CC(C)(C)OC(=O)C[C@H]1CCCC[C@]1(C)O.C[C@]1(O)CCCC[C@@H]1N.S.S.S.S. The van der Waals surface area contributed by atoms with E-state index in [-0.39, 0.29) is 71.9 Å². The fourth-order valence-corrected chi connectivity index (χ4v) is 3.64. The van der Waals surface area contributed by atoms with Crippen LogP contribution >= 0.6 is 54.0 Å². The first-order valence-corrected chi connectivity index (χ1v) is 9.76. The van der Waals surface area contributed by atoms with Crippen LogP contribution in [0.2, 0.25) is 0 Å². The molecule has 0 unspecified atom stereocenters. The normalized spacial score (nSPS) is 31.2. The van der Waals surface area contributed by atoms with Crippen LogP contribution in [0.1, 0.15) is 92.4 Å². The second kappa shape index (κ2) is 15.5. The average Bonchev–Trinajstić information content (AvgIpc) is 2.43. The molecule has 180 valence electrons. The number of aliphatic hydroxyl groups is 2. The summed E-state index contributed by atoms with van der Waals surface area (Å²) in [6.45, 7) is 9.26. The van der Waals surface area contributed by atoms with Crippen molar-refractivity contribution < 1.29 is 19.7 Å². The maximum Gasteiger partial charge on any atom is 0.306 e. The predicted octanol–water partition coefficient (Wildman–Crippen LogP) is 3.75. The zero-order valence-electron chi connectivity index (χ0n) is 18.8. The highest BCUT2D eigenvalue weighted by Gasteiger charge is 2.36. The van der Waals surface area contributed by atoms with E-state index in [1.807, 2.05) is 34.6 Å². The van der Waals surface area contributed by atoms with Crippen LogP contribution < -0.4 is 5.73 Å². The van der Waals surface area contributed by atoms with E-state index in [9.17, 15) is 15.0 Å². The molecule has 0 bridgehead atoms. The van der Waals surface area contributed by atoms with Gasteiger partial charge >= 0.3 is 5.97 Å². The molecule has 9 heteroatoms. The molecule has 0 amide bonds. The highest BCUT2D eigenvalue weighted by atomic mass is 32.1. The molecule has 29 heavy (non-hydrogen) atoms. The maximum atomic E-state index is 11.7. The van der Waals surface area contributed by atoms with E-state index in [1.54, 1.807) is 0 Å². The van der Waals surface area contributed by atoms with Crippen molar-refractivity contribution in [2.75, 3.05) is 0 Å². The number of hydrogen-bond donors (Lipinski definition) is 3. The molecule has 0 aliphatic heterocycles. The number of nitrogens with two attached hydrogens (primary N) is 1. The van der Waals surface area contributed by atoms with Crippen molar-refractivity contribution in [3.63, 3.8) is 0 Å². The second-order valence-electron chi connectivity index (χ2n) is 9.30. The summed E-state index contributed by atoms with van der Waals surface area (Å²) in [5, 5.41) is 19.7. The fraction of sp³-hybridized carbons (Fsp3) is 0.950. The summed E-state index contributed by atoms with van der Waals surface area (Å²) >= 11 is 0. The number of carbonyl (C=O) groups excluding carboxylic acids is 1. The van der Waals surface area contributed by atoms with Crippen LogP contribution in [-0.4, -0.2) is 39.0 Å². The monoisotopic (exact) mass is 493 g/mol. The molecule has 0 aromatic carbocycles. The van der Waals surface area contributed by atoms with Gasteiger partial charge in [0.25, 0.3) is 0 Å². The van der Waals surface area contributed by atoms with E-state index in [4.69, 9.17) is 10.5 Å². The summed E-state index contributed by atoms with van der Waals surface area (Å²) in [6.07, 6.45) is 8.36. The van der Waals surface area contributed by atoms with Crippen molar-refractivity contribution in [1.29, 1.82) is 0 Å². The number of hydrogen-bond acceptors (Lipinski definition) is 5. The molecule has 4 atom stereocenters. The van der Waals surface area contributed by atoms with Crippen LogP contribution in [0.25, 0.3) is 0 Å². The van der Waals surface area contributed by atoms with E-state index < -0.39 is 16.8 Å². The highest BCUT2D eigenvalue weighted by Crippen LogP contribution is 2.36. The Kier molecular flexibility index (Phi) is 19.9. The van der Waals surface area contributed by atoms with E-state index in [0.29, 0.717) is 6.42 Å². The molecule has 2 saturated carbocycles. The lowest BCUT2D eigenvalue weighted by Crippen LogP contribution is -2.47. The Morgan fingerprint density at radius 2 is 1.38 bits per heavy atom. The molecule has 2 fully saturated rings. The Morgan fingerprint density at radius 1 is 0.931 bits per heavy atom. The molecule has 0 spiro atoms. The molecule has 4 N–H and O–H groups in total. The van der Waals surface area contributed by atoms with Gasteiger partial charge in [0.05, 0.1) is 17.6 Å². The molecule has 0 aromatic rings. The molecular weight excluding hydrogens is 446 g/mol. The third-order valence-corrected chi connectivity index (χ3v) is 5.44. The van der Waals surface area contributed by atoms with Crippen LogP contribution in [-0.2, 0) is 9.53 Å². The van der Waals surface area contributed by atoms with Gasteiger partial charge in [-0.05, 0) is 66.2 Å². The van der Waals surface area contributed by atoms with Gasteiger partial charge in [-0.3, -0.25) is 4.79 Å². The van der Waals surface area contributed by atoms with E-state index in [2.05, 4.69) is 0 Å². The van der Waals surface area contributed by atoms with Crippen molar-refractivity contribution in [2.45, 2.75) is 115 Å². The summed E-state index contributed by atoms with van der Waals surface area (Å²) in [6, 6.07) is 0.00579. The second-order valence-corrected chi connectivity index (χ2v) is 9.30. The third kappa shape index (κ3) is 14.4. The van der Waals surface area contributed by atoms with Crippen molar-refractivity contribution >= 4 is 60.0 Å². The molecule has 2 aliphatic carbocycles. The topological polar surface area (TPSA) is 92.8 Å². The number of ether oxygens (including phenoxy) is 1. The molecule has 2 rings (SSSR count). The van der Waals surface area contributed by atoms with Gasteiger partial charge in [0.2, 0.25) is 0 Å². The zero-order chi connectivity index (χ0) is 19.3. The van der Waals surface area contributed by atoms with Crippen molar-refractivity contribution in [1.82, 2.24) is 0 Å². The van der Waals surface area contributed by atoms with Gasteiger partial charge in [-0.2, -0.15) is 54.0 Å². The first kappa shape index (κ1) is 37.1. The van der Waals surface area contributed by atoms with E-state index in [1.165, 1.54) is 6.42 Å². The number of carbonyl (C=O) groups is 1. The van der Waals surface area contributed by atoms with Gasteiger partial charge in [-0.1, -0.05) is 25.7 Å². The number of rotatable bonds is 2. The smallest absolute Gasteiger partial charge is 0.306 e. The van der Waals surface area contributed by atoms with Gasteiger partial charge in [-0.25, -0.2) is 0 Å². The molecule has 0 aromatic heterocycles. The van der Waals surface area contributed by atoms with Crippen molar-refractivity contribution in [3.8, 4) is 0 Å². The lowest BCUT2D eigenvalue weighted by Gasteiger charge is -2.37. The van der Waals surface area contributed by atoms with E-state index in [0.717, 1.165) is 44.9 Å². The number of esters is 1. The van der Waals surface area contributed by atoms with Crippen LogP contribution in [0.3, 0.4) is 0 Å². The quantitative estimate of drug-likeness (QED) is 0.510. The summed E-state index contributed by atoms with van der Waals surface area (Å²) in [5.74, 6) is -0.143. The Morgan fingerprint density at radius 3 is 1.72 bits per heavy atom. The molecule has 2 aliphatic rings. The standard InChI is InChI=1S/C13H24O3.C7H15NO.4H2S/c1-12(2,3)16-11(14)9-10-7-5-6-8-13(10,4)15;1-7(9)5-3-2-4-6(7)8;;;;/h10,15H,5-9H2,1-4H3;6,9H,2-5,8H2,1H3;4*1H2/t10-,13+;6-,7-;;;;/m10..../s1. The molecular formula is C20H47NO4S4. The fourth-order valence-electron chi connectivity index (χ4n) is 3.64. The van der Waals surface area contributed by atoms with Crippen molar-refractivity contribution in [2.24, 2.45) is 11.7 Å². The third-order valence-electron chi connectivity index (χ3n) is 5.44. The average molecular weight is 494 g/mol. The maximum absolute atomic E-state index is 11.7. The predicted molar refractivity (Wildman–Crippen MR) is 142 cm³/mol. The molecule has 0 heterocycles. The highest BCUT2D eigenvalue weighted by molar-refractivity contribution is 7.59. The first-order valence-electron chi connectivity index (χ1n) is 9.76. The molecule has 5 nitrogen and oxygen atoms in total. The molecule has 0 saturated heterocycles. The Hall–Kier alpha value is 0.750. The van der Waals surface area contributed by atoms with Gasteiger partial charge in [0.1, 0.15) is 5.60 Å². The van der Waals surface area contributed by atoms with Gasteiger partial charge in [0, 0.05) is 6.04 Å². The minimum atomic E-state index is -0.699. The van der Waals surface area contributed by atoms with E-state index >= 15 is 0 Å². The summed E-state index contributed by atoms with van der Waals surface area (Å²) in [7, 11) is 0. The lowest BCUT2D eigenvalue weighted by atomic mass is 9.75. The van der Waals surface area contributed by atoms with Gasteiger partial charge in [-0.15, -0.1) is 0 Å².